The smallest absolute Gasteiger partial charge is 0.0341 e. The Balaban J connectivity index is 1.30. The Morgan fingerprint density at radius 3 is 1.18 bits per heavy atom. The standard InChI is InChI=1S/C26H44N2/c1-3-7-11-23(12-8-4-1)19-21-27-25-15-17-26(18-16-25)28-22-20-24-13-9-5-2-6-10-14-24/h15-18,23-24,27-28H,1-14,19-22H2. The van der Waals surface area contributed by atoms with Gasteiger partial charge in [0.1, 0.15) is 0 Å². The molecule has 3 rings (SSSR count). The maximum atomic E-state index is 3.65. The van der Waals surface area contributed by atoms with E-state index in [0.717, 1.165) is 24.9 Å². The van der Waals surface area contributed by atoms with Gasteiger partial charge in [-0.15, -0.1) is 0 Å². The molecule has 0 spiro atoms. The number of hydrogen-bond acceptors (Lipinski definition) is 2. The Kier molecular flexibility index (Phi) is 10.1. The fourth-order valence-electron chi connectivity index (χ4n) is 5.21. The lowest BCUT2D eigenvalue weighted by atomic mass is 9.89. The van der Waals surface area contributed by atoms with E-state index in [9.17, 15) is 0 Å². The van der Waals surface area contributed by atoms with Gasteiger partial charge in [0.2, 0.25) is 0 Å². The van der Waals surface area contributed by atoms with Crippen molar-refractivity contribution < 1.29 is 0 Å². The summed E-state index contributed by atoms with van der Waals surface area (Å²) in [5.41, 5.74) is 2.55. The minimum atomic E-state index is 0.946. The van der Waals surface area contributed by atoms with Crippen molar-refractivity contribution >= 4 is 11.4 Å². The lowest BCUT2D eigenvalue weighted by Crippen LogP contribution is -2.11. The molecule has 2 nitrogen and oxygen atoms in total. The number of anilines is 2. The summed E-state index contributed by atoms with van der Waals surface area (Å²) in [6.45, 7) is 2.25. The van der Waals surface area contributed by atoms with E-state index in [2.05, 4.69) is 34.9 Å². The molecule has 158 valence electrons. The molecule has 0 amide bonds. The van der Waals surface area contributed by atoms with Crippen LogP contribution in [0.25, 0.3) is 0 Å². The summed E-state index contributed by atoms with van der Waals surface area (Å²) in [4.78, 5) is 0. The van der Waals surface area contributed by atoms with Crippen LogP contribution in [0.1, 0.15) is 103 Å². The van der Waals surface area contributed by atoms with E-state index in [0.29, 0.717) is 0 Å². The van der Waals surface area contributed by atoms with Crippen LogP contribution in [0, 0.1) is 11.8 Å². The van der Waals surface area contributed by atoms with Gasteiger partial charge < -0.3 is 10.6 Å². The second-order valence-electron chi connectivity index (χ2n) is 9.43. The molecule has 2 N–H and O–H groups in total. The zero-order valence-electron chi connectivity index (χ0n) is 18.2. The minimum absolute atomic E-state index is 0.946. The van der Waals surface area contributed by atoms with Crippen molar-refractivity contribution in [3.05, 3.63) is 24.3 Å². The van der Waals surface area contributed by atoms with E-state index in [-0.39, 0.29) is 0 Å². The number of benzene rings is 1. The van der Waals surface area contributed by atoms with Crippen LogP contribution in [0.3, 0.4) is 0 Å². The highest BCUT2D eigenvalue weighted by atomic mass is 14.9. The first-order valence-electron chi connectivity index (χ1n) is 12.5. The zero-order chi connectivity index (χ0) is 19.3. The van der Waals surface area contributed by atoms with Gasteiger partial charge in [-0.05, 0) is 48.9 Å². The fraction of sp³-hybridized carbons (Fsp3) is 0.769. The van der Waals surface area contributed by atoms with Crippen LogP contribution in [0.2, 0.25) is 0 Å². The molecule has 2 aliphatic carbocycles. The molecule has 1 aromatic rings. The van der Waals surface area contributed by atoms with Crippen molar-refractivity contribution in [3.8, 4) is 0 Å². The molecule has 0 bridgehead atoms. The first-order valence-corrected chi connectivity index (χ1v) is 12.5. The molecule has 0 saturated heterocycles. The summed E-state index contributed by atoms with van der Waals surface area (Å²) in [7, 11) is 0. The predicted octanol–water partition coefficient (Wildman–Crippen LogP) is 8.01. The first kappa shape index (κ1) is 21.5. The second kappa shape index (κ2) is 13.1. The summed E-state index contributed by atoms with van der Waals surface area (Å²) in [5.74, 6) is 1.89. The largest absolute Gasteiger partial charge is 0.385 e. The Hall–Kier alpha value is -1.18. The molecule has 0 aliphatic heterocycles. The van der Waals surface area contributed by atoms with Crippen molar-refractivity contribution in [1.29, 1.82) is 0 Å². The normalized spacial score (nSPS) is 20.6. The molecule has 0 heterocycles. The van der Waals surface area contributed by atoms with Crippen LogP contribution >= 0.6 is 0 Å². The van der Waals surface area contributed by atoms with Crippen molar-refractivity contribution in [3.63, 3.8) is 0 Å². The van der Waals surface area contributed by atoms with Gasteiger partial charge in [0.05, 0.1) is 0 Å². The van der Waals surface area contributed by atoms with E-state index < -0.39 is 0 Å². The van der Waals surface area contributed by atoms with Crippen molar-refractivity contribution in [2.24, 2.45) is 11.8 Å². The Bertz CT molecular complexity index is 447. The van der Waals surface area contributed by atoms with Crippen molar-refractivity contribution in [1.82, 2.24) is 0 Å². The van der Waals surface area contributed by atoms with Gasteiger partial charge in [0.15, 0.2) is 0 Å². The highest BCUT2D eigenvalue weighted by Gasteiger charge is 2.12. The van der Waals surface area contributed by atoms with Gasteiger partial charge in [-0.2, -0.15) is 0 Å². The summed E-state index contributed by atoms with van der Waals surface area (Å²) < 4.78 is 0. The van der Waals surface area contributed by atoms with E-state index in [1.807, 2.05) is 0 Å². The van der Waals surface area contributed by atoms with Crippen molar-refractivity contribution in [2.75, 3.05) is 23.7 Å². The lowest BCUT2D eigenvalue weighted by Gasteiger charge is -2.20. The van der Waals surface area contributed by atoms with Gasteiger partial charge in [-0.1, -0.05) is 89.9 Å². The molecule has 0 aromatic heterocycles. The molecule has 2 heteroatoms. The van der Waals surface area contributed by atoms with Crippen LogP contribution in [-0.2, 0) is 0 Å². The third kappa shape index (κ3) is 8.45. The van der Waals surface area contributed by atoms with Gasteiger partial charge in [-0.3, -0.25) is 0 Å². The quantitative estimate of drug-likeness (QED) is 0.474. The molecule has 2 fully saturated rings. The van der Waals surface area contributed by atoms with E-state index in [1.54, 1.807) is 0 Å². The van der Waals surface area contributed by atoms with Crippen LogP contribution in [0.5, 0.6) is 0 Å². The molecule has 28 heavy (non-hydrogen) atoms. The summed E-state index contributed by atoms with van der Waals surface area (Å²) >= 11 is 0. The maximum absolute atomic E-state index is 3.65. The first-order chi connectivity index (χ1) is 13.9. The third-order valence-electron chi connectivity index (χ3n) is 7.10. The third-order valence-corrected chi connectivity index (χ3v) is 7.10. The van der Waals surface area contributed by atoms with Gasteiger partial charge in [0, 0.05) is 24.5 Å². The second-order valence-corrected chi connectivity index (χ2v) is 9.43. The average molecular weight is 385 g/mol. The average Bonchev–Trinajstić information content (AvgIpc) is 2.66. The van der Waals surface area contributed by atoms with E-state index >= 15 is 0 Å². The van der Waals surface area contributed by atoms with Crippen LogP contribution in [0.15, 0.2) is 24.3 Å². The van der Waals surface area contributed by atoms with Crippen LogP contribution in [-0.4, -0.2) is 13.1 Å². The molecule has 2 aliphatic rings. The van der Waals surface area contributed by atoms with E-state index in [4.69, 9.17) is 0 Å². The zero-order valence-corrected chi connectivity index (χ0v) is 18.2. The monoisotopic (exact) mass is 384 g/mol. The summed E-state index contributed by atoms with van der Waals surface area (Å²) in [6.07, 6.45) is 23.0. The molecule has 0 atom stereocenters. The highest BCUT2D eigenvalue weighted by Crippen LogP contribution is 2.26. The lowest BCUT2D eigenvalue weighted by molar-refractivity contribution is 0.365. The summed E-state index contributed by atoms with van der Waals surface area (Å²) in [6, 6.07) is 8.99. The minimum Gasteiger partial charge on any atom is -0.385 e. The topological polar surface area (TPSA) is 24.1 Å². The van der Waals surface area contributed by atoms with E-state index in [1.165, 1.54) is 114 Å². The summed E-state index contributed by atoms with van der Waals surface area (Å²) in [5, 5.41) is 7.30. The SMILES string of the molecule is c1cc(NCCC2CCCCCCC2)ccc1NCCC1CCCCCCC1. The Morgan fingerprint density at radius 2 is 0.821 bits per heavy atom. The number of hydrogen-bond donors (Lipinski definition) is 2. The maximum Gasteiger partial charge on any atom is 0.0341 e. The molecule has 1 aromatic carbocycles. The fourth-order valence-corrected chi connectivity index (χ4v) is 5.21. The Labute approximate surface area is 174 Å². The molecule has 2 saturated carbocycles. The molecule has 0 unspecified atom stereocenters. The van der Waals surface area contributed by atoms with Gasteiger partial charge >= 0.3 is 0 Å². The number of rotatable bonds is 8. The van der Waals surface area contributed by atoms with Crippen molar-refractivity contribution in [2.45, 2.75) is 103 Å². The predicted molar refractivity (Wildman–Crippen MR) is 124 cm³/mol. The van der Waals surface area contributed by atoms with Crippen LogP contribution < -0.4 is 10.6 Å². The molecule has 0 radical (unpaired) electrons. The van der Waals surface area contributed by atoms with Gasteiger partial charge in [0.25, 0.3) is 0 Å². The molecular weight excluding hydrogens is 340 g/mol. The van der Waals surface area contributed by atoms with Gasteiger partial charge in [-0.25, -0.2) is 0 Å². The highest BCUT2D eigenvalue weighted by molar-refractivity contribution is 5.53. The van der Waals surface area contributed by atoms with Crippen LogP contribution in [0.4, 0.5) is 11.4 Å². The number of nitrogens with one attached hydrogen (secondary N) is 2. The molecular formula is C26H44N2. The Morgan fingerprint density at radius 1 is 0.500 bits per heavy atom.